The fourth-order valence-corrected chi connectivity index (χ4v) is 2.43. The number of likely N-dealkylation sites (tertiary alicyclic amines) is 1. The molecule has 1 aromatic heterocycles. The zero-order valence-corrected chi connectivity index (χ0v) is 10.4. The number of aromatic nitrogens is 1. The molecule has 88 valence electrons. The smallest absolute Gasteiger partial charge is 0.133 e. The predicted molar refractivity (Wildman–Crippen MR) is 67.6 cm³/mol. The Morgan fingerprint density at radius 1 is 1.12 bits per heavy atom. The molecule has 0 aromatic carbocycles. The van der Waals surface area contributed by atoms with E-state index in [-0.39, 0.29) is 0 Å². The van der Waals surface area contributed by atoms with Gasteiger partial charge in [-0.2, -0.15) is 0 Å². The molecule has 0 saturated carbocycles. The van der Waals surface area contributed by atoms with E-state index >= 15 is 0 Å². The average Bonchev–Trinajstić information content (AvgIpc) is 2.24. The van der Waals surface area contributed by atoms with E-state index in [0.717, 1.165) is 12.1 Å². The van der Waals surface area contributed by atoms with E-state index in [1.165, 1.54) is 45.2 Å². The van der Waals surface area contributed by atoms with Crippen molar-refractivity contribution in [3.8, 4) is 0 Å². The molecule has 1 saturated heterocycles. The van der Waals surface area contributed by atoms with E-state index in [1.54, 1.807) is 6.20 Å². The molecular formula is C13H19ClN2. The Balaban J connectivity index is 1.94. The molecule has 16 heavy (non-hydrogen) atoms. The van der Waals surface area contributed by atoms with Crippen LogP contribution in [0.3, 0.4) is 0 Å². The summed E-state index contributed by atoms with van der Waals surface area (Å²) in [4.78, 5) is 6.63. The van der Waals surface area contributed by atoms with Crippen molar-refractivity contribution in [2.45, 2.75) is 38.6 Å². The maximum Gasteiger partial charge on any atom is 0.133 e. The van der Waals surface area contributed by atoms with E-state index in [0.29, 0.717) is 5.15 Å². The summed E-state index contributed by atoms with van der Waals surface area (Å²) in [5.41, 5.74) is 1.16. The summed E-state index contributed by atoms with van der Waals surface area (Å²) in [6, 6.07) is 4.04. The molecule has 0 bridgehead atoms. The predicted octanol–water partition coefficient (Wildman–Crippen LogP) is 3.50. The summed E-state index contributed by atoms with van der Waals surface area (Å²) in [5.74, 6) is 0. The van der Waals surface area contributed by atoms with Gasteiger partial charge in [-0.05, 0) is 32.0 Å². The van der Waals surface area contributed by atoms with Gasteiger partial charge in [0.05, 0.1) is 0 Å². The molecular weight excluding hydrogens is 220 g/mol. The normalized spacial score (nSPS) is 19.1. The van der Waals surface area contributed by atoms with Crippen LogP contribution in [0.2, 0.25) is 5.15 Å². The summed E-state index contributed by atoms with van der Waals surface area (Å²) in [6.07, 6.45) is 8.53. The zero-order valence-electron chi connectivity index (χ0n) is 9.66. The number of nitrogens with zero attached hydrogens (tertiary/aromatic N) is 2. The molecule has 0 N–H and O–H groups in total. The Kier molecular flexibility index (Phi) is 4.61. The minimum Gasteiger partial charge on any atom is -0.299 e. The topological polar surface area (TPSA) is 16.1 Å². The number of hydrogen-bond donors (Lipinski definition) is 0. The molecule has 3 heteroatoms. The maximum absolute atomic E-state index is 6.08. The van der Waals surface area contributed by atoms with Crippen molar-refractivity contribution in [2.24, 2.45) is 0 Å². The Labute approximate surface area is 103 Å². The highest BCUT2D eigenvalue weighted by Gasteiger charge is 2.10. The fourth-order valence-electron chi connectivity index (χ4n) is 2.25. The third-order valence-corrected chi connectivity index (χ3v) is 3.52. The van der Waals surface area contributed by atoms with Crippen molar-refractivity contribution < 1.29 is 0 Å². The van der Waals surface area contributed by atoms with Crippen LogP contribution in [-0.4, -0.2) is 23.0 Å². The molecule has 1 aliphatic rings. The van der Waals surface area contributed by atoms with Crippen molar-refractivity contribution in [1.29, 1.82) is 0 Å². The molecule has 1 fully saturated rings. The van der Waals surface area contributed by atoms with Crippen LogP contribution in [0.4, 0.5) is 0 Å². The van der Waals surface area contributed by atoms with Gasteiger partial charge in [0.25, 0.3) is 0 Å². The molecule has 2 nitrogen and oxygen atoms in total. The highest BCUT2D eigenvalue weighted by molar-refractivity contribution is 6.30. The highest BCUT2D eigenvalue weighted by atomic mass is 35.5. The number of pyridine rings is 1. The van der Waals surface area contributed by atoms with Crippen molar-refractivity contribution in [2.75, 3.05) is 13.1 Å². The lowest BCUT2D eigenvalue weighted by molar-refractivity contribution is 0.239. The summed E-state index contributed by atoms with van der Waals surface area (Å²) in [5, 5.41) is 0.657. The summed E-state index contributed by atoms with van der Waals surface area (Å²) in [6.45, 7) is 3.35. The second-order valence-corrected chi connectivity index (χ2v) is 4.86. The van der Waals surface area contributed by atoms with Crippen molar-refractivity contribution in [3.63, 3.8) is 0 Å². The van der Waals surface area contributed by atoms with Gasteiger partial charge in [0.15, 0.2) is 0 Å². The van der Waals surface area contributed by atoms with Crippen LogP contribution >= 0.6 is 11.6 Å². The van der Waals surface area contributed by atoms with Crippen LogP contribution in [0, 0.1) is 0 Å². The van der Waals surface area contributed by atoms with E-state index < -0.39 is 0 Å². The Bertz CT molecular complexity index is 319. The molecule has 0 amide bonds. The van der Waals surface area contributed by atoms with Crippen LogP contribution in [0.5, 0.6) is 0 Å². The third-order valence-electron chi connectivity index (χ3n) is 3.18. The third kappa shape index (κ3) is 3.46. The summed E-state index contributed by atoms with van der Waals surface area (Å²) < 4.78 is 0. The number of hydrogen-bond acceptors (Lipinski definition) is 2. The average molecular weight is 239 g/mol. The van der Waals surface area contributed by atoms with Gasteiger partial charge in [-0.3, -0.25) is 4.90 Å². The van der Waals surface area contributed by atoms with Gasteiger partial charge in [0.2, 0.25) is 0 Å². The first-order valence-electron chi connectivity index (χ1n) is 6.18. The molecule has 0 spiro atoms. The lowest BCUT2D eigenvalue weighted by atomic mass is 10.1. The second-order valence-electron chi connectivity index (χ2n) is 4.50. The van der Waals surface area contributed by atoms with Crippen LogP contribution < -0.4 is 0 Å². The number of rotatable bonds is 2. The lowest BCUT2D eigenvalue weighted by Gasteiger charge is -2.24. The van der Waals surface area contributed by atoms with E-state index in [2.05, 4.69) is 16.0 Å². The fraction of sp³-hybridized carbons (Fsp3) is 0.615. The first-order valence-corrected chi connectivity index (χ1v) is 6.56. The van der Waals surface area contributed by atoms with Crippen LogP contribution in [0.25, 0.3) is 0 Å². The molecule has 1 aliphatic heterocycles. The van der Waals surface area contributed by atoms with Gasteiger partial charge < -0.3 is 0 Å². The Morgan fingerprint density at radius 2 is 1.81 bits per heavy atom. The van der Waals surface area contributed by atoms with E-state index in [1.807, 2.05) is 6.07 Å². The van der Waals surface area contributed by atoms with Crippen LogP contribution in [0.1, 0.15) is 37.7 Å². The first-order chi connectivity index (χ1) is 7.86. The molecule has 2 rings (SSSR count). The van der Waals surface area contributed by atoms with Crippen LogP contribution in [0.15, 0.2) is 18.3 Å². The van der Waals surface area contributed by atoms with Crippen molar-refractivity contribution in [1.82, 2.24) is 9.88 Å². The summed E-state index contributed by atoms with van der Waals surface area (Å²) >= 11 is 6.08. The monoisotopic (exact) mass is 238 g/mol. The minimum absolute atomic E-state index is 0.657. The molecule has 0 atom stereocenters. The standard InChI is InChI=1S/C13H19ClN2/c14-13-12(7-6-8-15-13)11-16-9-4-2-1-3-5-10-16/h6-8H,1-5,9-11H2. The lowest BCUT2D eigenvalue weighted by Crippen LogP contribution is -2.27. The van der Waals surface area contributed by atoms with E-state index in [9.17, 15) is 0 Å². The summed E-state index contributed by atoms with van der Waals surface area (Å²) in [7, 11) is 0. The first kappa shape index (κ1) is 11.9. The molecule has 0 radical (unpaired) electrons. The minimum atomic E-state index is 0.657. The van der Waals surface area contributed by atoms with E-state index in [4.69, 9.17) is 11.6 Å². The molecule has 1 aromatic rings. The largest absolute Gasteiger partial charge is 0.299 e. The Hall–Kier alpha value is -0.600. The second kappa shape index (κ2) is 6.21. The van der Waals surface area contributed by atoms with Crippen LogP contribution in [-0.2, 0) is 6.54 Å². The quantitative estimate of drug-likeness (QED) is 0.734. The van der Waals surface area contributed by atoms with Gasteiger partial charge >= 0.3 is 0 Å². The maximum atomic E-state index is 6.08. The molecule has 0 aliphatic carbocycles. The van der Waals surface area contributed by atoms with Crippen molar-refractivity contribution in [3.05, 3.63) is 29.0 Å². The van der Waals surface area contributed by atoms with Crippen molar-refractivity contribution >= 4 is 11.6 Å². The van der Waals surface area contributed by atoms with Gasteiger partial charge in [-0.15, -0.1) is 0 Å². The molecule has 2 heterocycles. The van der Waals surface area contributed by atoms with Gasteiger partial charge in [-0.1, -0.05) is 36.9 Å². The number of halogens is 1. The molecule has 0 unspecified atom stereocenters. The van der Waals surface area contributed by atoms with Gasteiger partial charge in [-0.25, -0.2) is 4.98 Å². The van der Waals surface area contributed by atoms with Gasteiger partial charge in [0, 0.05) is 18.3 Å². The SMILES string of the molecule is Clc1ncccc1CN1CCCCCCC1. The Morgan fingerprint density at radius 3 is 2.50 bits per heavy atom. The zero-order chi connectivity index (χ0) is 11.2. The van der Waals surface area contributed by atoms with Gasteiger partial charge in [0.1, 0.15) is 5.15 Å². The highest BCUT2D eigenvalue weighted by Crippen LogP contribution is 2.17.